The number of amides is 2. The number of rotatable bonds is 8. The molecule has 0 aromatic rings. The van der Waals surface area contributed by atoms with Crippen molar-refractivity contribution in [3.63, 3.8) is 0 Å². The zero-order valence-corrected chi connectivity index (χ0v) is 9.01. The molecule has 0 rings (SSSR count). The Labute approximate surface area is 85.4 Å². The zero-order valence-electron chi connectivity index (χ0n) is 9.01. The van der Waals surface area contributed by atoms with E-state index < -0.39 is 0 Å². The van der Waals surface area contributed by atoms with Crippen molar-refractivity contribution < 1.29 is 9.59 Å². The summed E-state index contributed by atoms with van der Waals surface area (Å²) in [5.41, 5.74) is 0. The van der Waals surface area contributed by atoms with Gasteiger partial charge >= 0.3 is 0 Å². The van der Waals surface area contributed by atoms with E-state index in [1.54, 1.807) is 0 Å². The van der Waals surface area contributed by atoms with Crippen LogP contribution in [0.4, 0.5) is 0 Å². The van der Waals surface area contributed by atoms with Crippen LogP contribution in [-0.4, -0.2) is 25.4 Å². The quantitative estimate of drug-likeness (QED) is 0.447. The Balaban J connectivity index is 3.47. The van der Waals surface area contributed by atoms with Gasteiger partial charge in [-0.2, -0.15) is 0 Å². The largest absolute Gasteiger partial charge is 0.359 e. The molecule has 0 aliphatic rings. The molecule has 0 radical (unpaired) electrons. The molecule has 0 saturated carbocycles. The van der Waals surface area contributed by atoms with Gasteiger partial charge in [0.15, 0.2) is 0 Å². The minimum absolute atomic E-state index is 0.126. The van der Waals surface area contributed by atoms with Crippen LogP contribution in [0.15, 0.2) is 0 Å². The molecule has 0 saturated heterocycles. The standard InChI is InChI=1S/C10H20N2O2/c1-3-9(4-2)10(14)12-7-5-6-11-8-13/h8-9H,3-7H2,1-2H3,(H,11,13)(H,12,14). The molecule has 2 amide bonds. The second kappa shape index (κ2) is 8.53. The molecule has 2 N–H and O–H groups in total. The molecule has 0 aliphatic heterocycles. The van der Waals surface area contributed by atoms with Crippen LogP contribution >= 0.6 is 0 Å². The molecule has 4 heteroatoms. The summed E-state index contributed by atoms with van der Waals surface area (Å²) in [6.07, 6.45) is 3.22. The third-order valence-corrected chi connectivity index (χ3v) is 2.24. The smallest absolute Gasteiger partial charge is 0.223 e. The van der Waals surface area contributed by atoms with Crippen molar-refractivity contribution in [1.29, 1.82) is 0 Å². The SMILES string of the molecule is CCC(CC)C(=O)NCCCNC=O. The van der Waals surface area contributed by atoms with Gasteiger partial charge in [0.2, 0.25) is 12.3 Å². The Morgan fingerprint density at radius 2 is 1.93 bits per heavy atom. The molecule has 0 aromatic heterocycles. The lowest BCUT2D eigenvalue weighted by molar-refractivity contribution is -0.125. The maximum absolute atomic E-state index is 11.4. The van der Waals surface area contributed by atoms with Gasteiger partial charge in [-0.1, -0.05) is 13.8 Å². The van der Waals surface area contributed by atoms with E-state index in [1.165, 1.54) is 0 Å². The Kier molecular flexibility index (Phi) is 7.89. The highest BCUT2D eigenvalue weighted by Gasteiger charge is 2.12. The summed E-state index contributed by atoms with van der Waals surface area (Å²) in [4.78, 5) is 21.3. The zero-order chi connectivity index (χ0) is 10.8. The summed E-state index contributed by atoms with van der Waals surface area (Å²) in [7, 11) is 0. The van der Waals surface area contributed by atoms with Gasteiger partial charge in [-0.3, -0.25) is 9.59 Å². The van der Waals surface area contributed by atoms with E-state index in [4.69, 9.17) is 0 Å². The Morgan fingerprint density at radius 1 is 1.29 bits per heavy atom. The predicted octanol–water partition coefficient (Wildman–Crippen LogP) is 0.675. The summed E-state index contributed by atoms with van der Waals surface area (Å²) in [5, 5.41) is 5.40. The van der Waals surface area contributed by atoms with Crippen molar-refractivity contribution in [2.75, 3.05) is 13.1 Å². The summed E-state index contributed by atoms with van der Waals surface area (Å²) in [6, 6.07) is 0. The normalized spacial score (nSPS) is 9.93. The second-order valence-corrected chi connectivity index (χ2v) is 3.23. The van der Waals surface area contributed by atoms with E-state index in [-0.39, 0.29) is 11.8 Å². The first-order chi connectivity index (χ1) is 6.76. The van der Waals surface area contributed by atoms with Gasteiger partial charge in [0.25, 0.3) is 0 Å². The third-order valence-electron chi connectivity index (χ3n) is 2.24. The van der Waals surface area contributed by atoms with E-state index in [0.29, 0.717) is 19.5 Å². The highest BCUT2D eigenvalue weighted by Crippen LogP contribution is 2.06. The highest BCUT2D eigenvalue weighted by molar-refractivity contribution is 5.78. The molecular formula is C10H20N2O2. The molecule has 0 aliphatic carbocycles. The molecule has 82 valence electrons. The molecule has 14 heavy (non-hydrogen) atoms. The van der Waals surface area contributed by atoms with Gasteiger partial charge in [-0.05, 0) is 19.3 Å². The second-order valence-electron chi connectivity index (χ2n) is 3.23. The van der Waals surface area contributed by atoms with Crippen LogP contribution in [0, 0.1) is 5.92 Å². The van der Waals surface area contributed by atoms with Crippen LogP contribution in [-0.2, 0) is 9.59 Å². The molecule has 0 heterocycles. The van der Waals surface area contributed by atoms with Gasteiger partial charge in [0.05, 0.1) is 0 Å². The van der Waals surface area contributed by atoms with Crippen molar-refractivity contribution in [2.45, 2.75) is 33.1 Å². The molecule has 0 aromatic carbocycles. The van der Waals surface area contributed by atoms with E-state index in [2.05, 4.69) is 10.6 Å². The van der Waals surface area contributed by atoms with E-state index >= 15 is 0 Å². The van der Waals surface area contributed by atoms with Crippen LogP contribution in [0.3, 0.4) is 0 Å². The summed E-state index contributed by atoms with van der Waals surface area (Å²) in [5.74, 6) is 0.259. The Morgan fingerprint density at radius 3 is 2.43 bits per heavy atom. The van der Waals surface area contributed by atoms with Gasteiger partial charge in [0.1, 0.15) is 0 Å². The maximum Gasteiger partial charge on any atom is 0.223 e. The van der Waals surface area contributed by atoms with E-state index in [0.717, 1.165) is 19.3 Å². The summed E-state index contributed by atoms with van der Waals surface area (Å²) in [6.45, 7) is 5.28. The Hall–Kier alpha value is -1.06. The summed E-state index contributed by atoms with van der Waals surface area (Å²) < 4.78 is 0. The average Bonchev–Trinajstić information content (AvgIpc) is 2.19. The average molecular weight is 200 g/mol. The van der Waals surface area contributed by atoms with Crippen molar-refractivity contribution in [1.82, 2.24) is 10.6 Å². The molecule has 0 atom stereocenters. The van der Waals surface area contributed by atoms with Crippen LogP contribution < -0.4 is 10.6 Å². The van der Waals surface area contributed by atoms with Gasteiger partial charge in [0, 0.05) is 19.0 Å². The maximum atomic E-state index is 11.4. The molecule has 0 unspecified atom stereocenters. The number of hydrogen-bond donors (Lipinski definition) is 2. The lowest BCUT2D eigenvalue weighted by Gasteiger charge is -2.12. The minimum atomic E-state index is 0.126. The Bertz CT molecular complexity index is 168. The number of carbonyl (C=O) groups excluding carboxylic acids is 2. The van der Waals surface area contributed by atoms with E-state index in [9.17, 15) is 9.59 Å². The van der Waals surface area contributed by atoms with Crippen molar-refractivity contribution >= 4 is 12.3 Å². The van der Waals surface area contributed by atoms with Crippen LogP contribution in [0.25, 0.3) is 0 Å². The first-order valence-corrected chi connectivity index (χ1v) is 5.20. The van der Waals surface area contributed by atoms with Crippen molar-refractivity contribution in [3.05, 3.63) is 0 Å². The van der Waals surface area contributed by atoms with Crippen LogP contribution in [0.2, 0.25) is 0 Å². The van der Waals surface area contributed by atoms with Crippen molar-refractivity contribution in [2.24, 2.45) is 5.92 Å². The fourth-order valence-corrected chi connectivity index (χ4v) is 1.26. The van der Waals surface area contributed by atoms with Gasteiger partial charge in [-0.25, -0.2) is 0 Å². The molecule has 0 bridgehead atoms. The topological polar surface area (TPSA) is 58.2 Å². The lowest BCUT2D eigenvalue weighted by atomic mass is 10.0. The third kappa shape index (κ3) is 5.56. The molecule has 4 nitrogen and oxygen atoms in total. The minimum Gasteiger partial charge on any atom is -0.359 e. The van der Waals surface area contributed by atoms with Crippen molar-refractivity contribution in [3.8, 4) is 0 Å². The molecule has 0 fully saturated rings. The number of carbonyl (C=O) groups is 2. The number of hydrogen-bond acceptors (Lipinski definition) is 2. The first kappa shape index (κ1) is 12.9. The number of nitrogens with one attached hydrogen (secondary N) is 2. The van der Waals surface area contributed by atoms with Crippen LogP contribution in [0.5, 0.6) is 0 Å². The predicted molar refractivity (Wildman–Crippen MR) is 55.8 cm³/mol. The molecular weight excluding hydrogens is 180 g/mol. The monoisotopic (exact) mass is 200 g/mol. The van der Waals surface area contributed by atoms with Gasteiger partial charge < -0.3 is 10.6 Å². The first-order valence-electron chi connectivity index (χ1n) is 5.20. The van der Waals surface area contributed by atoms with E-state index in [1.807, 2.05) is 13.8 Å². The summed E-state index contributed by atoms with van der Waals surface area (Å²) >= 11 is 0. The van der Waals surface area contributed by atoms with Crippen LogP contribution in [0.1, 0.15) is 33.1 Å². The fraction of sp³-hybridized carbons (Fsp3) is 0.800. The van der Waals surface area contributed by atoms with Gasteiger partial charge in [-0.15, -0.1) is 0 Å². The fourth-order valence-electron chi connectivity index (χ4n) is 1.26. The highest BCUT2D eigenvalue weighted by atomic mass is 16.1. The lowest BCUT2D eigenvalue weighted by Crippen LogP contribution is -2.32. The molecule has 0 spiro atoms.